The van der Waals surface area contributed by atoms with Gasteiger partial charge < -0.3 is 19.7 Å². The van der Waals surface area contributed by atoms with Gasteiger partial charge in [-0.25, -0.2) is 4.39 Å². The SMILES string of the molecule is COc1ccc(C(=O)N2CC(=O)Nc3ccc(C)cc3[C@H]2c2ccc(F)cc2)cc1OC. The molecule has 1 aliphatic heterocycles. The molecular weight excluding hydrogens is 411 g/mol. The summed E-state index contributed by atoms with van der Waals surface area (Å²) in [7, 11) is 3.01. The highest BCUT2D eigenvalue weighted by molar-refractivity contribution is 6.01. The third kappa shape index (κ3) is 4.01. The molecule has 4 rings (SSSR count). The van der Waals surface area contributed by atoms with E-state index in [0.29, 0.717) is 28.3 Å². The predicted molar refractivity (Wildman–Crippen MR) is 119 cm³/mol. The molecule has 164 valence electrons. The van der Waals surface area contributed by atoms with Crippen molar-refractivity contribution in [2.45, 2.75) is 13.0 Å². The Labute approximate surface area is 185 Å². The minimum absolute atomic E-state index is 0.164. The van der Waals surface area contributed by atoms with Crippen molar-refractivity contribution in [3.8, 4) is 11.5 Å². The van der Waals surface area contributed by atoms with Crippen LogP contribution in [0, 0.1) is 12.7 Å². The maximum absolute atomic E-state index is 13.7. The Balaban J connectivity index is 1.87. The summed E-state index contributed by atoms with van der Waals surface area (Å²) in [5.74, 6) is -0.141. The van der Waals surface area contributed by atoms with Crippen LogP contribution < -0.4 is 14.8 Å². The Kier molecular flexibility index (Phi) is 5.81. The van der Waals surface area contributed by atoms with Gasteiger partial charge in [0, 0.05) is 16.8 Å². The number of rotatable bonds is 4. The molecule has 1 heterocycles. The first-order chi connectivity index (χ1) is 15.4. The van der Waals surface area contributed by atoms with E-state index in [-0.39, 0.29) is 24.2 Å². The monoisotopic (exact) mass is 434 g/mol. The first-order valence-corrected chi connectivity index (χ1v) is 10.1. The largest absolute Gasteiger partial charge is 0.493 e. The highest BCUT2D eigenvalue weighted by atomic mass is 19.1. The van der Waals surface area contributed by atoms with E-state index in [9.17, 15) is 14.0 Å². The van der Waals surface area contributed by atoms with E-state index in [4.69, 9.17) is 9.47 Å². The van der Waals surface area contributed by atoms with E-state index in [2.05, 4.69) is 5.32 Å². The maximum atomic E-state index is 13.7. The number of benzene rings is 3. The Morgan fingerprint density at radius 3 is 2.41 bits per heavy atom. The number of anilines is 1. The van der Waals surface area contributed by atoms with E-state index in [1.54, 1.807) is 30.3 Å². The smallest absolute Gasteiger partial charge is 0.255 e. The Morgan fingerprint density at radius 1 is 1.00 bits per heavy atom. The first kappa shape index (κ1) is 21.4. The van der Waals surface area contributed by atoms with Gasteiger partial charge in [-0.15, -0.1) is 0 Å². The number of aryl methyl sites for hydroxylation is 1. The molecule has 1 N–H and O–H groups in total. The second-order valence-corrected chi connectivity index (χ2v) is 7.60. The van der Waals surface area contributed by atoms with E-state index >= 15 is 0 Å². The number of hydrogen-bond acceptors (Lipinski definition) is 4. The standard InChI is InChI=1S/C25H23FN2O4/c1-15-4-10-20-19(12-15)24(16-5-8-18(26)9-6-16)28(14-23(29)27-20)25(30)17-7-11-21(31-2)22(13-17)32-3/h4-13,24H,14H2,1-3H3,(H,27,29)/t24-/m1/s1. The van der Waals surface area contributed by atoms with Gasteiger partial charge in [-0.05, 0) is 48.9 Å². The van der Waals surface area contributed by atoms with Gasteiger partial charge in [0.2, 0.25) is 5.91 Å². The van der Waals surface area contributed by atoms with Crippen LogP contribution in [0.1, 0.15) is 33.1 Å². The number of nitrogens with one attached hydrogen (secondary N) is 1. The Bertz CT molecular complexity index is 1180. The lowest BCUT2D eigenvalue weighted by Gasteiger charge is -2.31. The zero-order valence-electron chi connectivity index (χ0n) is 18.0. The first-order valence-electron chi connectivity index (χ1n) is 10.1. The number of fused-ring (bicyclic) bond motifs is 1. The number of amides is 2. The van der Waals surface area contributed by atoms with E-state index in [1.165, 1.54) is 31.3 Å². The van der Waals surface area contributed by atoms with Crippen molar-refractivity contribution in [1.82, 2.24) is 4.90 Å². The third-order valence-corrected chi connectivity index (χ3v) is 5.48. The normalized spacial score (nSPS) is 15.4. The summed E-state index contributed by atoms with van der Waals surface area (Å²) in [5.41, 5.74) is 3.40. The highest BCUT2D eigenvalue weighted by Crippen LogP contribution is 2.38. The molecule has 6 nitrogen and oxygen atoms in total. The van der Waals surface area contributed by atoms with Crippen LogP contribution >= 0.6 is 0 Å². The van der Waals surface area contributed by atoms with Gasteiger partial charge in [-0.3, -0.25) is 9.59 Å². The van der Waals surface area contributed by atoms with Crippen LogP contribution in [0.4, 0.5) is 10.1 Å². The third-order valence-electron chi connectivity index (χ3n) is 5.48. The van der Waals surface area contributed by atoms with Crippen molar-refractivity contribution in [3.05, 3.63) is 88.7 Å². The number of ether oxygens (including phenoxy) is 2. The molecular formula is C25H23FN2O4. The van der Waals surface area contributed by atoms with Crippen molar-refractivity contribution in [2.24, 2.45) is 0 Å². The molecule has 0 unspecified atom stereocenters. The number of carbonyl (C=O) groups excluding carboxylic acids is 2. The number of nitrogens with zero attached hydrogens (tertiary/aromatic N) is 1. The fraction of sp³-hybridized carbons (Fsp3) is 0.200. The topological polar surface area (TPSA) is 67.9 Å². The minimum Gasteiger partial charge on any atom is -0.493 e. The van der Waals surface area contributed by atoms with Crippen molar-refractivity contribution in [2.75, 3.05) is 26.1 Å². The summed E-state index contributed by atoms with van der Waals surface area (Å²) in [4.78, 5) is 27.9. The van der Waals surface area contributed by atoms with Gasteiger partial charge in [0.15, 0.2) is 11.5 Å². The van der Waals surface area contributed by atoms with E-state index < -0.39 is 6.04 Å². The lowest BCUT2D eigenvalue weighted by atomic mass is 9.94. The molecule has 32 heavy (non-hydrogen) atoms. The second-order valence-electron chi connectivity index (χ2n) is 7.60. The quantitative estimate of drug-likeness (QED) is 0.664. The summed E-state index contributed by atoms with van der Waals surface area (Å²) in [6, 6.07) is 15.9. The van der Waals surface area contributed by atoms with Crippen molar-refractivity contribution in [3.63, 3.8) is 0 Å². The second kappa shape index (κ2) is 8.70. The molecule has 0 saturated carbocycles. The van der Waals surface area contributed by atoms with E-state index in [0.717, 1.165) is 11.1 Å². The van der Waals surface area contributed by atoms with Crippen LogP contribution in [-0.4, -0.2) is 37.5 Å². The number of halogens is 1. The summed E-state index contributed by atoms with van der Waals surface area (Å²) < 4.78 is 24.3. The van der Waals surface area contributed by atoms with Crippen LogP contribution in [0.5, 0.6) is 11.5 Å². The molecule has 3 aromatic rings. The molecule has 0 saturated heterocycles. The van der Waals surface area contributed by atoms with Crippen LogP contribution in [0.3, 0.4) is 0 Å². The Morgan fingerprint density at radius 2 is 1.72 bits per heavy atom. The van der Waals surface area contributed by atoms with Crippen molar-refractivity contribution >= 4 is 17.5 Å². The highest BCUT2D eigenvalue weighted by Gasteiger charge is 2.34. The molecule has 2 amide bonds. The minimum atomic E-state index is -0.593. The summed E-state index contributed by atoms with van der Waals surface area (Å²) in [6.07, 6.45) is 0. The van der Waals surface area contributed by atoms with E-state index in [1.807, 2.05) is 25.1 Å². The van der Waals surface area contributed by atoms with Gasteiger partial charge in [0.25, 0.3) is 5.91 Å². The number of carbonyl (C=O) groups is 2. The average Bonchev–Trinajstić information content (AvgIpc) is 2.94. The summed E-state index contributed by atoms with van der Waals surface area (Å²) in [6.45, 7) is 1.78. The molecule has 1 aliphatic rings. The van der Waals surface area contributed by atoms with Crippen LogP contribution in [0.2, 0.25) is 0 Å². The molecule has 7 heteroatoms. The van der Waals surface area contributed by atoms with Crippen molar-refractivity contribution < 1.29 is 23.5 Å². The fourth-order valence-corrected chi connectivity index (χ4v) is 3.95. The molecule has 0 aromatic heterocycles. The number of methoxy groups -OCH3 is 2. The van der Waals surface area contributed by atoms with Gasteiger partial charge in [0.05, 0.1) is 20.3 Å². The zero-order chi connectivity index (χ0) is 22.8. The lowest BCUT2D eigenvalue weighted by molar-refractivity contribution is -0.117. The molecule has 0 radical (unpaired) electrons. The van der Waals surface area contributed by atoms with Crippen molar-refractivity contribution in [1.29, 1.82) is 0 Å². The van der Waals surface area contributed by atoms with Crippen LogP contribution in [-0.2, 0) is 4.79 Å². The van der Waals surface area contributed by atoms with Gasteiger partial charge in [-0.2, -0.15) is 0 Å². The summed E-state index contributed by atoms with van der Waals surface area (Å²) >= 11 is 0. The summed E-state index contributed by atoms with van der Waals surface area (Å²) in [5, 5.41) is 2.89. The average molecular weight is 434 g/mol. The zero-order valence-corrected chi connectivity index (χ0v) is 18.0. The molecule has 0 spiro atoms. The Hall–Kier alpha value is -3.87. The molecule has 0 fully saturated rings. The number of hydrogen-bond donors (Lipinski definition) is 1. The van der Waals surface area contributed by atoms with Gasteiger partial charge in [-0.1, -0.05) is 29.8 Å². The van der Waals surface area contributed by atoms with Crippen LogP contribution in [0.25, 0.3) is 0 Å². The predicted octanol–water partition coefficient (Wildman–Crippen LogP) is 4.34. The molecule has 1 atom stereocenters. The van der Waals surface area contributed by atoms with Gasteiger partial charge in [0.1, 0.15) is 12.4 Å². The fourth-order valence-electron chi connectivity index (χ4n) is 3.95. The van der Waals surface area contributed by atoms with Crippen LogP contribution in [0.15, 0.2) is 60.7 Å². The lowest BCUT2D eigenvalue weighted by Crippen LogP contribution is -2.39. The molecule has 3 aromatic carbocycles. The maximum Gasteiger partial charge on any atom is 0.255 e. The molecule has 0 bridgehead atoms. The molecule has 0 aliphatic carbocycles. The van der Waals surface area contributed by atoms with Gasteiger partial charge >= 0.3 is 0 Å².